The molecule has 2 atom stereocenters. The molecule has 1 saturated heterocycles. The van der Waals surface area contributed by atoms with Crippen LogP contribution in [0.25, 0.3) is 0 Å². The lowest BCUT2D eigenvalue weighted by Crippen LogP contribution is -2.55. The van der Waals surface area contributed by atoms with Gasteiger partial charge in [-0.3, -0.25) is 14.5 Å². The Balaban J connectivity index is 1.69. The van der Waals surface area contributed by atoms with Gasteiger partial charge in [0.1, 0.15) is 18.0 Å². The molecule has 2 heterocycles. The smallest absolute Gasteiger partial charge is 0.407 e. The fourth-order valence-corrected chi connectivity index (χ4v) is 5.12. The fraction of sp³-hybridized carbons (Fsp3) is 0.571. The molecule has 1 aromatic rings. The number of hydrogen-bond acceptors (Lipinski definition) is 6. The molecule has 9 nitrogen and oxygen atoms in total. The number of ether oxygens (including phenoxy) is 1. The van der Waals surface area contributed by atoms with Crippen LogP contribution in [-0.4, -0.2) is 61.9 Å². The normalized spacial score (nSPS) is 22.4. The number of nitrogens with one attached hydrogen (secondary N) is 2. The molecule has 0 aliphatic carbocycles. The van der Waals surface area contributed by atoms with Crippen LogP contribution in [0.1, 0.15) is 52.5 Å². The van der Waals surface area contributed by atoms with E-state index in [1.165, 1.54) is 6.07 Å². The topological polar surface area (TPSA) is 117 Å². The van der Waals surface area contributed by atoms with Crippen LogP contribution >= 0.6 is 0 Å². The minimum atomic E-state index is -3.65. The number of piperidine rings is 1. The molecule has 0 saturated carbocycles. The molecule has 2 amide bonds. The lowest BCUT2D eigenvalue weighted by atomic mass is 9.96. The van der Waals surface area contributed by atoms with Crippen molar-refractivity contribution in [3.63, 3.8) is 0 Å². The van der Waals surface area contributed by atoms with Gasteiger partial charge in [0.2, 0.25) is 5.91 Å². The SMILES string of the molecule is CC(NC(=O)OC(C)(C)C)C1CCCCN1C(=O)CN=C1NS(=O)(=O)c2ccccc21. The predicted molar refractivity (Wildman–Crippen MR) is 116 cm³/mol. The standard InChI is InChI=1S/C21H30N4O5S/c1-14(23-20(27)30-21(2,3)4)16-10-7-8-12-25(16)18(26)13-22-19-15-9-5-6-11-17(15)31(28,29)24-19/h5-6,9,11,14,16H,7-8,10,12-13H2,1-4H3,(H,22,24)(H,23,27). The first-order valence-corrected chi connectivity index (χ1v) is 11.9. The first kappa shape index (κ1) is 23.1. The molecule has 2 aliphatic heterocycles. The van der Waals surface area contributed by atoms with Gasteiger partial charge in [-0.05, 0) is 59.1 Å². The van der Waals surface area contributed by atoms with Crippen LogP contribution in [0.15, 0.2) is 34.2 Å². The molecule has 0 aromatic heterocycles. The summed E-state index contributed by atoms with van der Waals surface area (Å²) in [6.45, 7) is 7.62. The third kappa shape index (κ3) is 5.55. The van der Waals surface area contributed by atoms with Crippen molar-refractivity contribution < 1.29 is 22.7 Å². The average Bonchev–Trinajstić information content (AvgIpc) is 2.95. The summed E-state index contributed by atoms with van der Waals surface area (Å²) >= 11 is 0. The summed E-state index contributed by atoms with van der Waals surface area (Å²) in [5.41, 5.74) is -0.141. The van der Waals surface area contributed by atoms with Crippen LogP contribution in [0, 0.1) is 0 Å². The first-order chi connectivity index (χ1) is 14.5. The second-order valence-electron chi connectivity index (χ2n) is 8.85. The number of benzene rings is 1. The first-order valence-electron chi connectivity index (χ1n) is 10.4. The van der Waals surface area contributed by atoms with Gasteiger partial charge in [-0.1, -0.05) is 12.1 Å². The second kappa shape index (κ2) is 8.86. The second-order valence-corrected chi connectivity index (χ2v) is 10.5. The van der Waals surface area contributed by atoms with E-state index in [9.17, 15) is 18.0 Å². The molecule has 0 spiro atoms. The largest absolute Gasteiger partial charge is 0.444 e. The van der Waals surface area contributed by atoms with Gasteiger partial charge < -0.3 is 15.0 Å². The highest BCUT2D eigenvalue weighted by molar-refractivity contribution is 7.90. The lowest BCUT2D eigenvalue weighted by molar-refractivity contribution is -0.133. The maximum absolute atomic E-state index is 13.0. The Labute approximate surface area is 183 Å². The minimum Gasteiger partial charge on any atom is -0.444 e. The molecule has 1 fully saturated rings. The highest BCUT2D eigenvalue weighted by Crippen LogP contribution is 2.23. The van der Waals surface area contributed by atoms with Gasteiger partial charge in [-0.25, -0.2) is 13.2 Å². The van der Waals surface area contributed by atoms with Gasteiger partial charge in [0.25, 0.3) is 10.0 Å². The Morgan fingerprint density at radius 2 is 2.00 bits per heavy atom. The Morgan fingerprint density at radius 1 is 1.29 bits per heavy atom. The van der Waals surface area contributed by atoms with Gasteiger partial charge in [-0.15, -0.1) is 0 Å². The van der Waals surface area contributed by atoms with Crippen molar-refractivity contribution in [2.24, 2.45) is 4.99 Å². The zero-order valence-corrected chi connectivity index (χ0v) is 19.2. The molecule has 3 rings (SSSR count). The Morgan fingerprint density at radius 3 is 2.71 bits per heavy atom. The third-order valence-electron chi connectivity index (χ3n) is 5.23. The minimum absolute atomic E-state index is 0.159. The van der Waals surface area contributed by atoms with E-state index in [0.29, 0.717) is 12.1 Å². The number of sulfonamides is 1. The van der Waals surface area contributed by atoms with E-state index in [1.807, 2.05) is 6.92 Å². The van der Waals surface area contributed by atoms with Gasteiger partial charge in [0.15, 0.2) is 0 Å². The average molecular weight is 451 g/mol. The predicted octanol–water partition coefficient (Wildman–Crippen LogP) is 2.02. The van der Waals surface area contributed by atoms with Gasteiger partial charge in [0.05, 0.1) is 10.9 Å². The number of likely N-dealkylation sites (tertiary alicyclic amines) is 1. The van der Waals surface area contributed by atoms with Gasteiger partial charge >= 0.3 is 6.09 Å². The van der Waals surface area contributed by atoms with Crippen molar-refractivity contribution in [2.45, 2.75) is 69.5 Å². The molecule has 2 unspecified atom stereocenters. The summed E-state index contributed by atoms with van der Waals surface area (Å²) in [5.74, 6) is -0.0314. The quantitative estimate of drug-likeness (QED) is 0.728. The van der Waals surface area contributed by atoms with Crippen molar-refractivity contribution in [2.75, 3.05) is 13.1 Å². The lowest BCUT2D eigenvalue weighted by Gasteiger charge is -2.39. The van der Waals surface area contributed by atoms with E-state index >= 15 is 0 Å². The zero-order chi connectivity index (χ0) is 22.8. The molecule has 31 heavy (non-hydrogen) atoms. The molecular formula is C21H30N4O5S. The number of fused-ring (bicyclic) bond motifs is 1. The van der Waals surface area contributed by atoms with Crippen LogP contribution < -0.4 is 10.0 Å². The van der Waals surface area contributed by atoms with Crippen LogP contribution in [0.5, 0.6) is 0 Å². The molecule has 170 valence electrons. The molecular weight excluding hydrogens is 420 g/mol. The maximum atomic E-state index is 13.0. The monoisotopic (exact) mass is 450 g/mol. The summed E-state index contributed by atoms with van der Waals surface area (Å²) < 4.78 is 32.2. The van der Waals surface area contributed by atoms with E-state index in [-0.39, 0.29) is 35.3 Å². The maximum Gasteiger partial charge on any atom is 0.407 e. The number of alkyl carbamates (subject to hydrolysis) is 1. The summed E-state index contributed by atoms with van der Waals surface area (Å²) in [6, 6.07) is 6.06. The molecule has 2 N–H and O–H groups in total. The number of carbonyl (C=O) groups excluding carboxylic acids is 2. The van der Waals surface area contributed by atoms with E-state index < -0.39 is 21.7 Å². The number of aliphatic imine (C=N–C) groups is 1. The Bertz CT molecular complexity index is 984. The number of amides is 2. The highest BCUT2D eigenvalue weighted by atomic mass is 32.2. The molecule has 0 radical (unpaired) electrons. The number of amidine groups is 1. The van der Waals surface area contributed by atoms with Crippen LogP contribution in [-0.2, 0) is 19.6 Å². The van der Waals surface area contributed by atoms with Crippen molar-refractivity contribution >= 4 is 27.9 Å². The van der Waals surface area contributed by atoms with E-state index in [1.54, 1.807) is 43.9 Å². The summed E-state index contributed by atoms with van der Waals surface area (Å²) in [5, 5.41) is 2.83. The van der Waals surface area contributed by atoms with Crippen LogP contribution in [0.2, 0.25) is 0 Å². The molecule has 10 heteroatoms. The number of rotatable bonds is 4. The number of carbonyl (C=O) groups is 2. The summed E-state index contributed by atoms with van der Waals surface area (Å²) in [4.78, 5) is 31.2. The third-order valence-corrected chi connectivity index (χ3v) is 6.62. The van der Waals surface area contributed by atoms with Crippen molar-refractivity contribution in [3.8, 4) is 0 Å². The Hall–Kier alpha value is -2.62. The van der Waals surface area contributed by atoms with E-state index in [4.69, 9.17) is 4.74 Å². The van der Waals surface area contributed by atoms with Gasteiger partial charge in [0, 0.05) is 18.2 Å². The number of nitrogens with zero attached hydrogens (tertiary/aromatic N) is 2. The number of hydrogen-bond donors (Lipinski definition) is 2. The zero-order valence-electron chi connectivity index (χ0n) is 18.3. The Kier molecular flexibility index (Phi) is 6.59. The van der Waals surface area contributed by atoms with Crippen molar-refractivity contribution in [3.05, 3.63) is 29.8 Å². The van der Waals surface area contributed by atoms with Crippen LogP contribution in [0.4, 0.5) is 4.79 Å². The van der Waals surface area contributed by atoms with Crippen molar-refractivity contribution in [1.29, 1.82) is 0 Å². The van der Waals surface area contributed by atoms with Gasteiger partial charge in [-0.2, -0.15) is 0 Å². The fourth-order valence-electron chi connectivity index (χ4n) is 3.87. The van der Waals surface area contributed by atoms with Crippen molar-refractivity contribution in [1.82, 2.24) is 14.9 Å². The van der Waals surface area contributed by atoms with E-state index in [0.717, 1.165) is 19.3 Å². The summed E-state index contributed by atoms with van der Waals surface area (Å²) in [7, 11) is -3.65. The summed E-state index contributed by atoms with van der Waals surface area (Å²) in [6.07, 6.45) is 2.06. The van der Waals surface area contributed by atoms with Crippen LogP contribution in [0.3, 0.4) is 0 Å². The highest BCUT2D eigenvalue weighted by Gasteiger charge is 2.33. The molecule has 0 bridgehead atoms. The molecule has 1 aromatic carbocycles. The van der Waals surface area contributed by atoms with E-state index in [2.05, 4.69) is 15.0 Å². The molecule has 2 aliphatic rings.